The van der Waals surface area contributed by atoms with E-state index in [4.69, 9.17) is 10.2 Å². The van der Waals surface area contributed by atoms with E-state index in [1.165, 1.54) is 0 Å². The fourth-order valence-electron chi connectivity index (χ4n) is 0.850. The monoisotopic (exact) mass is 174 g/mol. The van der Waals surface area contributed by atoms with Gasteiger partial charge in [-0.1, -0.05) is 13.3 Å². The zero-order valence-electron chi connectivity index (χ0n) is 7.12. The molecule has 0 heterocycles. The van der Waals surface area contributed by atoms with E-state index in [1.54, 1.807) is 6.92 Å². The molecule has 4 nitrogen and oxygen atoms in total. The van der Waals surface area contributed by atoms with Gasteiger partial charge in [-0.25, -0.2) is 0 Å². The molecule has 1 atom stereocenters. The highest BCUT2D eigenvalue weighted by Crippen LogP contribution is 2.08. The van der Waals surface area contributed by atoms with Gasteiger partial charge in [-0.2, -0.15) is 0 Å². The van der Waals surface area contributed by atoms with Gasteiger partial charge in [-0.3, -0.25) is 9.59 Å². The number of hydrogen-bond donors (Lipinski definition) is 2. The molecule has 0 saturated carbocycles. The zero-order chi connectivity index (χ0) is 9.56. The van der Waals surface area contributed by atoms with Gasteiger partial charge in [0.1, 0.15) is 0 Å². The summed E-state index contributed by atoms with van der Waals surface area (Å²) in [6.07, 6.45) is 1.92. The average Bonchev–Trinajstić information content (AvgIpc) is 1.97. The van der Waals surface area contributed by atoms with Crippen molar-refractivity contribution in [3.63, 3.8) is 0 Å². The lowest BCUT2D eigenvalue weighted by atomic mass is 10.0. The molecule has 0 saturated heterocycles. The Bertz CT molecular complexity index is 164. The molecular formula is C8H14O4. The number of aliphatic carboxylic acids is 2. The molecule has 0 aromatic heterocycles. The third-order valence-corrected chi connectivity index (χ3v) is 1.70. The van der Waals surface area contributed by atoms with Crippen molar-refractivity contribution in [2.24, 2.45) is 5.92 Å². The number of hydrogen-bond acceptors (Lipinski definition) is 2. The molecule has 70 valence electrons. The molecule has 0 aromatic carbocycles. The minimum atomic E-state index is -0.821. The number of carboxylic acids is 2. The van der Waals surface area contributed by atoms with Crippen LogP contribution in [0.2, 0.25) is 0 Å². The summed E-state index contributed by atoms with van der Waals surface area (Å²) in [7, 11) is 0. The maximum absolute atomic E-state index is 10.3. The Morgan fingerprint density at radius 2 is 1.83 bits per heavy atom. The standard InChI is InChI=1S/C8H14O4/c1-6(8(11)12)4-2-3-5-7(9)10/h6H,2-5H2,1H3,(H,9,10)(H,11,12)/t6-/m0/s1. The Morgan fingerprint density at radius 3 is 2.25 bits per heavy atom. The van der Waals surface area contributed by atoms with Gasteiger partial charge in [0.2, 0.25) is 0 Å². The molecule has 0 aliphatic heterocycles. The first kappa shape index (κ1) is 10.9. The second-order valence-corrected chi connectivity index (χ2v) is 2.88. The summed E-state index contributed by atoms with van der Waals surface area (Å²) < 4.78 is 0. The summed E-state index contributed by atoms with van der Waals surface area (Å²) >= 11 is 0. The number of carbonyl (C=O) groups is 2. The van der Waals surface area contributed by atoms with E-state index >= 15 is 0 Å². The zero-order valence-corrected chi connectivity index (χ0v) is 7.12. The van der Waals surface area contributed by atoms with Crippen LogP contribution >= 0.6 is 0 Å². The Morgan fingerprint density at radius 1 is 1.25 bits per heavy atom. The molecule has 0 radical (unpaired) electrons. The van der Waals surface area contributed by atoms with Gasteiger partial charge in [0.25, 0.3) is 0 Å². The molecule has 2 N–H and O–H groups in total. The highest BCUT2D eigenvalue weighted by Gasteiger charge is 2.09. The van der Waals surface area contributed by atoms with E-state index in [0.29, 0.717) is 19.3 Å². The first-order valence-electron chi connectivity index (χ1n) is 3.98. The summed E-state index contributed by atoms with van der Waals surface area (Å²) in [5, 5.41) is 16.7. The van der Waals surface area contributed by atoms with Gasteiger partial charge in [0.05, 0.1) is 5.92 Å². The van der Waals surface area contributed by atoms with Gasteiger partial charge in [-0.15, -0.1) is 0 Å². The predicted molar refractivity (Wildman–Crippen MR) is 42.9 cm³/mol. The first-order chi connectivity index (χ1) is 5.54. The Labute approximate surface area is 71.2 Å². The highest BCUT2D eigenvalue weighted by atomic mass is 16.4. The Balaban J connectivity index is 3.31. The van der Waals surface area contributed by atoms with Crippen molar-refractivity contribution in [2.75, 3.05) is 0 Å². The van der Waals surface area contributed by atoms with Crippen molar-refractivity contribution in [1.29, 1.82) is 0 Å². The van der Waals surface area contributed by atoms with E-state index in [1.807, 2.05) is 0 Å². The fourth-order valence-corrected chi connectivity index (χ4v) is 0.850. The Kier molecular flexibility index (Phi) is 5.08. The van der Waals surface area contributed by atoms with Crippen LogP contribution in [-0.2, 0) is 9.59 Å². The van der Waals surface area contributed by atoms with Crippen LogP contribution in [0.15, 0.2) is 0 Å². The van der Waals surface area contributed by atoms with Crippen LogP contribution < -0.4 is 0 Å². The van der Waals surface area contributed by atoms with Crippen LogP contribution in [-0.4, -0.2) is 22.2 Å². The summed E-state index contributed by atoms with van der Waals surface area (Å²) in [5.41, 5.74) is 0. The second kappa shape index (κ2) is 5.57. The Hall–Kier alpha value is -1.06. The maximum Gasteiger partial charge on any atom is 0.306 e. The molecule has 0 aliphatic carbocycles. The summed E-state index contributed by atoms with van der Waals surface area (Å²) in [5.74, 6) is -2.00. The minimum absolute atomic E-state index is 0.131. The third kappa shape index (κ3) is 5.70. The summed E-state index contributed by atoms with van der Waals surface area (Å²) in [4.78, 5) is 20.4. The molecule has 0 aromatic rings. The van der Waals surface area contributed by atoms with Crippen molar-refractivity contribution in [2.45, 2.75) is 32.6 Å². The summed E-state index contributed by atoms with van der Waals surface area (Å²) in [6.45, 7) is 1.63. The molecule has 0 aliphatic rings. The lowest BCUT2D eigenvalue weighted by Gasteiger charge is -2.03. The van der Waals surface area contributed by atoms with Crippen molar-refractivity contribution >= 4 is 11.9 Å². The fraction of sp³-hybridized carbons (Fsp3) is 0.750. The quantitative estimate of drug-likeness (QED) is 0.596. The lowest BCUT2D eigenvalue weighted by Crippen LogP contribution is -2.09. The summed E-state index contributed by atoms with van der Waals surface area (Å²) in [6, 6.07) is 0. The van der Waals surface area contributed by atoms with Crippen LogP contribution in [0.3, 0.4) is 0 Å². The van der Waals surface area contributed by atoms with Gasteiger partial charge in [0.15, 0.2) is 0 Å². The normalized spacial score (nSPS) is 12.4. The second-order valence-electron chi connectivity index (χ2n) is 2.88. The molecule has 0 unspecified atom stereocenters. The molecule has 12 heavy (non-hydrogen) atoms. The van der Waals surface area contributed by atoms with Crippen LogP contribution in [0.1, 0.15) is 32.6 Å². The van der Waals surface area contributed by atoms with E-state index in [9.17, 15) is 9.59 Å². The topological polar surface area (TPSA) is 74.6 Å². The van der Waals surface area contributed by atoms with Gasteiger partial charge in [-0.05, 0) is 12.8 Å². The van der Waals surface area contributed by atoms with Gasteiger partial charge >= 0.3 is 11.9 Å². The van der Waals surface area contributed by atoms with Crippen molar-refractivity contribution < 1.29 is 19.8 Å². The van der Waals surface area contributed by atoms with E-state index in [0.717, 1.165) is 0 Å². The number of carboxylic acid groups (broad SMARTS) is 2. The van der Waals surface area contributed by atoms with E-state index in [2.05, 4.69) is 0 Å². The maximum atomic E-state index is 10.3. The lowest BCUT2D eigenvalue weighted by molar-refractivity contribution is -0.141. The molecule has 0 fully saturated rings. The average molecular weight is 174 g/mol. The van der Waals surface area contributed by atoms with Crippen LogP contribution in [0.5, 0.6) is 0 Å². The molecular weight excluding hydrogens is 160 g/mol. The molecule has 0 spiro atoms. The minimum Gasteiger partial charge on any atom is -0.481 e. The largest absolute Gasteiger partial charge is 0.481 e. The smallest absolute Gasteiger partial charge is 0.306 e. The molecule has 0 amide bonds. The van der Waals surface area contributed by atoms with Crippen LogP contribution in [0, 0.1) is 5.92 Å². The van der Waals surface area contributed by atoms with E-state index < -0.39 is 11.9 Å². The van der Waals surface area contributed by atoms with E-state index in [-0.39, 0.29) is 12.3 Å². The number of rotatable bonds is 6. The van der Waals surface area contributed by atoms with Crippen LogP contribution in [0.4, 0.5) is 0 Å². The first-order valence-corrected chi connectivity index (χ1v) is 3.98. The van der Waals surface area contributed by atoms with Crippen LogP contribution in [0.25, 0.3) is 0 Å². The molecule has 0 bridgehead atoms. The SMILES string of the molecule is C[C@@H](CCCCC(=O)O)C(=O)O. The van der Waals surface area contributed by atoms with Crippen molar-refractivity contribution in [3.8, 4) is 0 Å². The molecule has 4 heteroatoms. The number of unbranched alkanes of at least 4 members (excludes halogenated alkanes) is 1. The highest BCUT2D eigenvalue weighted by molar-refractivity contribution is 5.69. The van der Waals surface area contributed by atoms with Gasteiger partial charge in [0, 0.05) is 6.42 Å². The van der Waals surface area contributed by atoms with Gasteiger partial charge < -0.3 is 10.2 Å². The predicted octanol–water partition coefficient (Wildman–Crippen LogP) is 1.35. The third-order valence-electron chi connectivity index (χ3n) is 1.70. The molecule has 0 rings (SSSR count). The van der Waals surface area contributed by atoms with Crippen molar-refractivity contribution in [3.05, 3.63) is 0 Å². The van der Waals surface area contributed by atoms with Crippen molar-refractivity contribution in [1.82, 2.24) is 0 Å².